The van der Waals surface area contributed by atoms with Gasteiger partial charge in [0.1, 0.15) is 11.6 Å². The predicted molar refractivity (Wildman–Crippen MR) is 142 cm³/mol. The lowest BCUT2D eigenvalue weighted by atomic mass is 10.0. The van der Waals surface area contributed by atoms with E-state index in [-0.39, 0.29) is 12.3 Å². The molecule has 4 aromatic rings. The highest BCUT2D eigenvalue weighted by Crippen LogP contribution is 2.32. The van der Waals surface area contributed by atoms with Crippen LogP contribution in [0.25, 0.3) is 11.1 Å². The molecule has 8 heteroatoms. The van der Waals surface area contributed by atoms with Gasteiger partial charge in [-0.3, -0.25) is 9.59 Å². The smallest absolute Gasteiger partial charge is 0.307 e. The van der Waals surface area contributed by atoms with Crippen LogP contribution in [0.1, 0.15) is 27.0 Å². The fourth-order valence-corrected chi connectivity index (χ4v) is 4.33. The van der Waals surface area contributed by atoms with Gasteiger partial charge in [0.05, 0.1) is 24.3 Å². The number of aliphatic carboxylic acids is 1. The van der Waals surface area contributed by atoms with Gasteiger partial charge in [0.2, 0.25) is 0 Å². The van der Waals surface area contributed by atoms with Gasteiger partial charge in [-0.1, -0.05) is 30.3 Å². The zero-order valence-corrected chi connectivity index (χ0v) is 20.6. The molecule has 0 saturated carbocycles. The molecule has 1 aliphatic heterocycles. The highest BCUT2D eigenvalue weighted by Gasteiger charge is 2.25. The SMILES string of the molecule is Cc1cc(-c2ccc(CC(=O)O)cc2)ccc1OCCc1cnc2c(c1)C(=O)N(C)c1cccnc1N2. The number of hydrogen-bond acceptors (Lipinski definition) is 6. The molecule has 0 spiro atoms. The first-order valence-corrected chi connectivity index (χ1v) is 11.9. The Balaban J connectivity index is 1.24. The van der Waals surface area contributed by atoms with Crippen LogP contribution < -0.4 is 15.0 Å². The third-order valence-electron chi connectivity index (χ3n) is 6.33. The van der Waals surface area contributed by atoms with Crippen LogP contribution in [0.5, 0.6) is 5.75 Å². The molecule has 186 valence electrons. The van der Waals surface area contributed by atoms with Crippen molar-refractivity contribution in [2.75, 3.05) is 23.9 Å². The lowest BCUT2D eigenvalue weighted by Crippen LogP contribution is -2.25. The Morgan fingerprint density at radius 1 is 1.00 bits per heavy atom. The lowest BCUT2D eigenvalue weighted by molar-refractivity contribution is -0.136. The fourth-order valence-electron chi connectivity index (χ4n) is 4.33. The van der Waals surface area contributed by atoms with Crippen LogP contribution in [0.3, 0.4) is 0 Å². The summed E-state index contributed by atoms with van der Waals surface area (Å²) in [6, 6.07) is 19.0. The Bertz CT molecular complexity index is 1480. The van der Waals surface area contributed by atoms with E-state index in [1.165, 1.54) is 0 Å². The summed E-state index contributed by atoms with van der Waals surface area (Å²) in [5.74, 6) is 0.877. The number of pyridine rings is 2. The topological polar surface area (TPSA) is 105 Å². The third-order valence-corrected chi connectivity index (χ3v) is 6.33. The van der Waals surface area contributed by atoms with Crippen molar-refractivity contribution < 1.29 is 19.4 Å². The average molecular weight is 495 g/mol. The number of benzene rings is 2. The maximum atomic E-state index is 13.1. The summed E-state index contributed by atoms with van der Waals surface area (Å²) in [5, 5.41) is 12.1. The van der Waals surface area contributed by atoms with E-state index >= 15 is 0 Å². The van der Waals surface area contributed by atoms with Gasteiger partial charge in [0.15, 0.2) is 5.82 Å². The molecule has 1 amide bonds. The number of hydrogen-bond donors (Lipinski definition) is 2. The Morgan fingerprint density at radius 3 is 2.54 bits per heavy atom. The van der Waals surface area contributed by atoms with Crippen molar-refractivity contribution >= 4 is 29.2 Å². The molecule has 0 saturated heterocycles. The monoisotopic (exact) mass is 494 g/mol. The number of carbonyl (C=O) groups is 2. The molecule has 2 aromatic carbocycles. The van der Waals surface area contributed by atoms with Crippen molar-refractivity contribution in [2.24, 2.45) is 0 Å². The van der Waals surface area contributed by atoms with Crippen LogP contribution in [-0.4, -0.2) is 40.6 Å². The first-order chi connectivity index (χ1) is 17.9. The summed E-state index contributed by atoms with van der Waals surface area (Å²) < 4.78 is 6.05. The van der Waals surface area contributed by atoms with Crippen molar-refractivity contribution in [3.05, 3.63) is 95.3 Å². The number of aryl methyl sites for hydroxylation is 1. The van der Waals surface area contributed by atoms with Crippen molar-refractivity contribution in [3.63, 3.8) is 0 Å². The number of anilines is 3. The predicted octanol–water partition coefficient (Wildman–Crippen LogP) is 5.03. The van der Waals surface area contributed by atoms with Gasteiger partial charge in [0, 0.05) is 25.9 Å². The molecule has 0 bridgehead atoms. The van der Waals surface area contributed by atoms with Gasteiger partial charge < -0.3 is 20.1 Å². The van der Waals surface area contributed by atoms with Gasteiger partial charge in [-0.2, -0.15) is 0 Å². The minimum absolute atomic E-state index is 0.0120. The molecular weight excluding hydrogens is 468 g/mol. The molecule has 8 nitrogen and oxygen atoms in total. The van der Waals surface area contributed by atoms with Crippen LogP contribution in [-0.2, 0) is 17.6 Å². The molecule has 0 aliphatic carbocycles. The zero-order chi connectivity index (χ0) is 25.9. The quantitative estimate of drug-likeness (QED) is 0.371. The van der Waals surface area contributed by atoms with Gasteiger partial charge in [-0.15, -0.1) is 0 Å². The van der Waals surface area contributed by atoms with Crippen LogP contribution in [0.15, 0.2) is 73.1 Å². The lowest BCUT2D eigenvalue weighted by Gasteiger charge is -2.16. The molecule has 37 heavy (non-hydrogen) atoms. The largest absolute Gasteiger partial charge is 0.493 e. The molecule has 0 unspecified atom stereocenters. The van der Waals surface area contributed by atoms with Gasteiger partial charge in [-0.05, 0) is 65.1 Å². The average Bonchev–Trinajstić information content (AvgIpc) is 2.99. The number of fused-ring (bicyclic) bond motifs is 2. The summed E-state index contributed by atoms with van der Waals surface area (Å²) in [6.07, 6.45) is 4.03. The minimum Gasteiger partial charge on any atom is -0.493 e. The van der Waals surface area contributed by atoms with E-state index in [9.17, 15) is 9.59 Å². The van der Waals surface area contributed by atoms with E-state index in [1.54, 1.807) is 30.4 Å². The molecule has 3 heterocycles. The molecule has 2 N–H and O–H groups in total. The molecule has 1 aliphatic rings. The van der Waals surface area contributed by atoms with E-state index in [1.807, 2.05) is 55.5 Å². The van der Waals surface area contributed by atoms with Crippen molar-refractivity contribution in [2.45, 2.75) is 19.8 Å². The standard InChI is InChI=1S/C29H26N4O4/c1-18-14-22(21-7-5-19(6-8-21)16-26(34)35)9-10-25(18)37-13-11-20-15-23-27(31-17-20)32-28-24(4-3-12-30-28)33(2)29(23)36/h3-10,12,14-15,17H,11,13,16H2,1-2H3,(H,34,35)(H,30,31,32). The van der Waals surface area contributed by atoms with Gasteiger partial charge in [0.25, 0.3) is 5.91 Å². The Morgan fingerprint density at radius 2 is 1.78 bits per heavy atom. The first kappa shape index (κ1) is 24.0. The van der Waals surface area contributed by atoms with E-state index in [0.717, 1.165) is 33.6 Å². The van der Waals surface area contributed by atoms with Crippen LogP contribution in [0.4, 0.5) is 17.3 Å². The second-order valence-corrected chi connectivity index (χ2v) is 8.95. The molecule has 5 rings (SSSR count). The van der Waals surface area contributed by atoms with Crippen molar-refractivity contribution in [3.8, 4) is 16.9 Å². The number of ether oxygens (including phenoxy) is 1. The Kier molecular flexibility index (Phi) is 6.55. The number of carboxylic acid groups (broad SMARTS) is 1. The third kappa shape index (κ3) is 5.13. The Labute approximate surface area is 214 Å². The summed E-state index contributed by atoms with van der Waals surface area (Å²) in [7, 11) is 1.73. The summed E-state index contributed by atoms with van der Waals surface area (Å²) in [6.45, 7) is 2.43. The maximum Gasteiger partial charge on any atom is 0.307 e. The summed E-state index contributed by atoms with van der Waals surface area (Å²) in [4.78, 5) is 34.4. The molecule has 0 radical (unpaired) electrons. The first-order valence-electron chi connectivity index (χ1n) is 11.9. The van der Waals surface area contributed by atoms with E-state index < -0.39 is 5.97 Å². The number of rotatable bonds is 7. The number of nitrogens with one attached hydrogen (secondary N) is 1. The number of carboxylic acids is 1. The second-order valence-electron chi connectivity index (χ2n) is 8.95. The van der Waals surface area contributed by atoms with E-state index in [0.29, 0.717) is 35.9 Å². The number of nitrogens with zero attached hydrogens (tertiary/aromatic N) is 3. The van der Waals surface area contributed by atoms with E-state index in [4.69, 9.17) is 9.84 Å². The maximum absolute atomic E-state index is 13.1. The summed E-state index contributed by atoms with van der Waals surface area (Å²) in [5.41, 5.74) is 5.91. The zero-order valence-electron chi connectivity index (χ0n) is 20.6. The van der Waals surface area contributed by atoms with Crippen molar-refractivity contribution in [1.29, 1.82) is 0 Å². The van der Waals surface area contributed by atoms with Crippen LogP contribution in [0, 0.1) is 6.92 Å². The van der Waals surface area contributed by atoms with Gasteiger partial charge >= 0.3 is 5.97 Å². The number of carbonyl (C=O) groups excluding carboxylic acids is 1. The molecular formula is C29H26N4O4. The fraction of sp³-hybridized carbons (Fsp3) is 0.172. The van der Waals surface area contributed by atoms with Crippen LogP contribution in [0.2, 0.25) is 0 Å². The van der Waals surface area contributed by atoms with Crippen LogP contribution >= 0.6 is 0 Å². The highest BCUT2D eigenvalue weighted by molar-refractivity contribution is 6.12. The number of amides is 1. The Hall–Kier alpha value is -4.72. The summed E-state index contributed by atoms with van der Waals surface area (Å²) >= 11 is 0. The minimum atomic E-state index is -0.842. The molecule has 2 aromatic heterocycles. The van der Waals surface area contributed by atoms with Gasteiger partial charge in [-0.25, -0.2) is 9.97 Å². The normalized spacial score (nSPS) is 12.3. The number of aromatic nitrogens is 2. The van der Waals surface area contributed by atoms with E-state index in [2.05, 4.69) is 21.4 Å². The van der Waals surface area contributed by atoms with Crippen molar-refractivity contribution in [1.82, 2.24) is 9.97 Å². The molecule has 0 fully saturated rings. The highest BCUT2D eigenvalue weighted by atomic mass is 16.5. The molecule has 0 atom stereocenters. The second kappa shape index (κ2) is 10.1.